The minimum atomic E-state index is -1.52. The summed E-state index contributed by atoms with van der Waals surface area (Å²) >= 11 is 1.33. The molecule has 1 aromatic carbocycles. The summed E-state index contributed by atoms with van der Waals surface area (Å²) < 4.78 is 5.38. The van der Waals surface area contributed by atoms with Crippen LogP contribution < -0.4 is 10.2 Å². The second-order valence-electron chi connectivity index (χ2n) is 5.79. The van der Waals surface area contributed by atoms with Crippen LogP contribution in [0.15, 0.2) is 35.2 Å². The van der Waals surface area contributed by atoms with Gasteiger partial charge in [-0.25, -0.2) is 14.6 Å². The van der Waals surface area contributed by atoms with Gasteiger partial charge in [0.05, 0.1) is 11.2 Å². The van der Waals surface area contributed by atoms with Gasteiger partial charge < -0.3 is 15.2 Å². The van der Waals surface area contributed by atoms with Gasteiger partial charge in [-0.15, -0.1) is 11.3 Å². The van der Waals surface area contributed by atoms with E-state index in [4.69, 9.17) is 4.74 Å². The minimum absolute atomic E-state index is 0.113. The number of aromatic nitrogens is 1. The summed E-state index contributed by atoms with van der Waals surface area (Å²) in [5, 5.41) is 14.2. The number of urea groups is 1. The van der Waals surface area contributed by atoms with Crippen LogP contribution in [0.1, 0.15) is 31.5 Å². The van der Waals surface area contributed by atoms with Crippen LogP contribution in [0.2, 0.25) is 0 Å². The Kier molecular flexibility index (Phi) is 7.32. The third-order valence-corrected chi connectivity index (χ3v) is 4.91. The Morgan fingerprint density at radius 2 is 2.07 bits per heavy atom. The topological polar surface area (TPSA) is 91.8 Å². The van der Waals surface area contributed by atoms with Crippen molar-refractivity contribution >= 4 is 29.0 Å². The molecule has 0 aliphatic carbocycles. The number of carbonyl (C=O) groups is 2. The van der Waals surface area contributed by atoms with Gasteiger partial charge in [0.25, 0.3) is 0 Å². The van der Waals surface area contributed by atoms with Crippen molar-refractivity contribution in [1.29, 1.82) is 0 Å². The van der Waals surface area contributed by atoms with Crippen molar-refractivity contribution in [2.24, 2.45) is 0 Å². The number of ether oxygens (including phenoxy) is 1. The number of rotatable bonds is 6. The van der Waals surface area contributed by atoms with E-state index in [9.17, 15) is 14.7 Å². The first-order chi connectivity index (χ1) is 13.1. The summed E-state index contributed by atoms with van der Waals surface area (Å²) in [6.45, 7) is 5.36. The molecule has 2 aromatic rings. The molecule has 1 aliphatic heterocycles. The van der Waals surface area contributed by atoms with Crippen LogP contribution in [0.25, 0.3) is 0 Å². The van der Waals surface area contributed by atoms with Gasteiger partial charge in [0.2, 0.25) is 5.60 Å². The first kappa shape index (κ1) is 20.9. The molecule has 1 aromatic heterocycles. The van der Waals surface area contributed by atoms with Gasteiger partial charge in [-0.05, 0) is 24.1 Å². The van der Waals surface area contributed by atoms with E-state index >= 15 is 0 Å². The lowest BCUT2D eigenvalue weighted by Gasteiger charge is -2.28. The number of hydrogen-bond donors (Lipinski definition) is 2. The van der Waals surface area contributed by atoms with E-state index in [0.717, 1.165) is 17.7 Å². The number of thiazole rings is 1. The number of carboxylic acids is 1. The highest BCUT2D eigenvalue weighted by atomic mass is 32.1. The lowest BCUT2D eigenvalue weighted by molar-refractivity contribution is -0.164. The molecule has 7 nitrogen and oxygen atoms in total. The van der Waals surface area contributed by atoms with E-state index < -0.39 is 11.6 Å². The van der Waals surface area contributed by atoms with Gasteiger partial charge in [0, 0.05) is 37.7 Å². The summed E-state index contributed by atoms with van der Waals surface area (Å²) in [6.07, 6.45) is 1.04. The van der Waals surface area contributed by atoms with Gasteiger partial charge in [-0.3, -0.25) is 4.90 Å². The molecular formula is C19H25N3O4S. The second kappa shape index (κ2) is 9.48. The zero-order valence-electron chi connectivity index (χ0n) is 15.8. The summed E-state index contributed by atoms with van der Waals surface area (Å²) in [5.41, 5.74) is 2.02. The molecule has 8 heteroatoms. The average molecular weight is 391 g/mol. The monoisotopic (exact) mass is 391 g/mol. The molecule has 0 bridgehead atoms. The molecule has 1 aliphatic rings. The lowest BCUT2D eigenvalue weighted by atomic mass is 9.91. The van der Waals surface area contributed by atoms with Crippen molar-refractivity contribution in [3.05, 3.63) is 46.4 Å². The number of nitrogens with zero attached hydrogens (tertiary/aromatic N) is 2. The Morgan fingerprint density at radius 3 is 2.59 bits per heavy atom. The van der Waals surface area contributed by atoms with E-state index in [-0.39, 0.29) is 12.5 Å². The molecule has 3 rings (SSSR count). The standard InChI is InChI=1S/C17H19N3O4S.C2H6/c1-24-17(15(21)22,14-10-25-11-19-14)9-12-3-5-13(6-4-12)20-8-2-7-18-16(20)23;1-2/h3-6,10-11H,2,7-9H2,1H3,(H,18,23)(H,21,22);1-2H3. The average Bonchev–Trinajstić information content (AvgIpc) is 3.24. The molecule has 1 fully saturated rings. The normalized spacial score (nSPS) is 16.0. The van der Waals surface area contributed by atoms with Gasteiger partial charge in [0.1, 0.15) is 0 Å². The van der Waals surface area contributed by atoms with Gasteiger partial charge in [-0.1, -0.05) is 26.0 Å². The Bertz CT molecular complexity index is 749. The Morgan fingerprint density at radius 1 is 1.37 bits per heavy atom. The largest absolute Gasteiger partial charge is 0.479 e. The smallest absolute Gasteiger partial charge is 0.342 e. The van der Waals surface area contributed by atoms with Crippen LogP contribution >= 0.6 is 11.3 Å². The molecule has 1 unspecified atom stereocenters. The van der Waals surface area contributed by atoms with Crippen molar-refractivity contribution in [2.45, 2.75) is 32.3 Å². The van der Waals surface area contributed by atoms with E-state index in [0.29, 0.717) is 18.8 Å². The predicted molar refractivity (Wildman–Crippen MR) is 105 cm³/mol. The number of methoxy groups -OCH3 is 1. The molecule has 27 heavy (non-hydrogen) atoms. The highest BCUT2D eigenvalue weighted by Gasteiger charge is 2.42. The summed E-state index contributed by atoms with van der Waals surface area (Å²) in [6, 6.07) is 7.17. The van der Waals surface area contributed by atoms with Crippen LogP contribution in [-0.4, -0.2) is 42.3 Å². The van der Waals surface area contributed by atoms with Gasteiger partial charge >= 0.3 is 12.0 Å². The molecule has 1 atom stereocenters. The number of benzene rings is 1. The Hall–Kier alpha value is -2.45. The zero-order chi connectivity index (χ0) is 19.9. The number of anilines is 1. The van der Waals surface area contributed by atoms with E-state index in [2.05, 4.69) is 10.3 Å². The summed E-state index contributed by atoms with van der Waals surface area (Å²) in [7, 11) is 1.37. The molecule has 146 valence electrons. The van der Waals surface area contributed by atoms with Gasteiger partial charge in [-0.2, -0.15) is 0 Å². The number of aliphatic carboxylic acids is 1. The van der Waals surface area contributed by atoms with Crippen LogP contribution in [0.3, 0.4) is 0 Å². The van der Waals surface area contributed by atoms with Crippen molar-refractivity contribution in [3.8, 4) is 0 Å². The molecular weight excluding hydrogens is 366 g/mol. The maximum Gasteiger partial charge on any atom is 0.342 e. The third-order valence-electron chi connectivity index (χ3n) is 4.32. The number of hydrogen-bond acceptors (Lipinski definition) is 5. The van der Waals surface area contributed by atoms with Gasteiger partial charge in [0.15, 0.2) is 0 Å². The molecule has 1 saturated heterocycles. The van der Waals surface area contributed by atoms with Crippen LogP contribution in [0.5, 0.6) is 0 Å². The third kappa shape index (κ3) is 4.45. The van der Waals surface area contributed by atoms with Crippen molar-refractivity contribution in [3.63, 3.8) is 0 Å². The van der Waals surface area contributed by atoms with Crippen molar-refractivity contribution in [1.82, 2.24) is 10.3 Å². The van der Waals surface area contributed by atoms with Crippen LogP contribution in [0, 0.1) is 0 Å². The highest BCUT2D eigenvalue weighted by molar-refractivity contribution is 7.07. The number of amides is 2. The first-order valence-electron chi connectivity index (χ1n) is 8.88. The minimum Gasteiger partial charge on any atom is -0.479 e. The summed E-state index contributed by atoms with van der Waals surface area (Å²) in [5.74, 6) is -1.08. The molecule has 2 N–H and O–H groups in total. The molecule has 0 saturated carbocycles. The quantitative estimate of drug-likeness (QED) is 0.789. The van der Waals surface area contributed by atoms with Crippen LogP contribution in [0.4, 0.5) is 10.5 Å². The maximum atomic E-state index is 11.9. The molecule has 0 radical (unpaired) electrons. The number of carbonyl (C=O) groups excluding carboxylic acids is 1. The fourth-order valence-electron chi connectivity index (χ4n) is 2.91. The highest BCUT2D eigenvalue weighted by Crippen LogP contribution is 2.30. The van der Waals surface area contributed by atoms with Crippen molar-refractivity contribution < 1.29 is 19.4 Å². The Balaban J connectivity index is 0.00000126. The lowest BCUT2D eigenvalue weighted by Crippen LogP contribution is -2.46. The van der Waals surface area contributed by atoms with E-state index in [1.165, 1.54) is 18.4 Å². The SMILES string of the molecule is CC.COC(Cc1ccc(N2CCCNC2=O)cc1)(C(=O)O)c1cscn1. The maximum absolute atomic E-state index is 11.9. The molecule has 0 spiro atoms. The van der Waals surface area contributed by atoms with E-state index in [1.54, 1.807) is 15.8 Å². The second-order valence-corrected chi connectivity index (χ2v) is 6.51. The van der Waals surface area contributed by atoms with Crippen molar-refractivity contribution in [2.75, 3.05) is 25.1 Å². The fraction of sp³-hybridized carbons (Fsp3) is 0.421. The predicted octanol–water partition coefficient (Wildman–Crippen LogP) is 3.26. The molecule has 2 heterocycles. The Labute approximate surface area is 163 Å². The first-order valence-corrected chi connectivity index (χ1v) is 9.82. The summed E-state index contributed by atoms with van der Waals surface area (Å²) in [4.78, 5) is 29.6. The zero-order valence-corrected chi connectivity index (χ0v) is 16.6. The number of carboxylic acid groups (broad SMARTS) is 1. The fourth-order valence-corrected chi connectivity index (χ4v) is 3.52. The molecule has 2 amide bonds. The van der Waals surface area contributed by atoms with Crippen LogP contribution in [-0.2, 0) is 21.6 Å². The van der Waals surface area contributed by atoms with E-state index in [1.807, 2.05) is 38.1 Å². The number of nitrogens with one attached hydrogen (secondary N) is 1.